The Labute approximate surface area is 213 Å². The molecule has 1 fully saturated rings. The molecule has 1 aromatic heterocycles. The second-order valence-electron chi connectivity index (χ2n) is 8.66. The summed E-state index contributed by atoms with van der Waals surface area (Å²) in [5.41, 5.74) is 7.08. The lowest BCUT2D eigenvalue weighted by Crippen LogP contribution is -2.48. The van der Waals surface area contributed by atoms with Crippen LogP contribution in [0, 0.1) is 0 Å². The Kier molecular flexibility index (Phi) is 9.15. The highest BCUT2D eigenvalue weighted by molar-refractivity contribution is 7.89. The number of piperazine rings is 1. The molecule has 3 N–H and O–H groups in total. The Morgan fingerprint density at radius 1 is 1.06 bits per heavy atom. The van der Waals surface area contributed by atoms with Gasteiger partial charge in [-0.3, -0.25) is 9.59 Å². The van der Waals surface area contributed by atoms with E-state index in [9.17, 15) is 18.0 Å². The van der Waals surface area contributed by atoms with Gasteiger partial charge in [-0.1, -0.05) is 20.3 Å². The third-order valence-electron chi connectivity index (χ3n) is 6.40. The number of hydrogen-bond acceptors (Lipinski definition) is 6. The van der Waals surface area contributed by atoms with Crippen LogP contribution in [0.1, 0.15) is 60.5 Å². The molecule has 0 radical (unpaired) electrons. The highest BCUT2D eigenvalue weighted by atomic mass is 32.2. The average Bonchev–Trinajstić information content (AvgIpc) is 3.21. The number of likely N-dealkylation sites (N-methyl/N-ethyl adjacent to an activating group) is 1. The summed E-state index contributed by atoms with van der Waals surface area (Å²) in [6, 6.07) is 4.32. The standard InChI is InChI=1S/C25H37N5O5S/c1-5-9-18-17-29(7-3)23(24(26)31)22(18)27-25(32)20-16-19(10-11-21(20)35-8-4)36(33,34)30-14-12-28(6-2)13-15-30/h10-11,16-17H,5-9,12-15H2,1-4H3,(H2,26,31)(H,27,32). The van der Waals surface area contributed by atoms with Crippen LogP contribution in [0.15, 0.2) is 29.3 Å². The highest BCUT2D eigenvalue weighted by Crippen LogP contribution is 2.30. The number of hydrogen-bond donors (Lipinski definition) is 2. The number of nitrogens with one attached hydrogen (secondary N) is 1. The van der Waals surface area contributed by atoms with E-state index in [0.717, 1.165) is 18.5 Å². The van der Waals surface area contributed by atoms with Crippen molar-refractivity contribution in [2.75, 3.05) is 44.6 Å². The molecule has 1 aliphatic rings. The molecule has 1 aromatic carbocycles. The van der Waals surface area contributed by atoms with Crippen LogP contribution >= 0.6 is 0 Å². The number of benzene rings is 1. The maximum atomic E-state index is 13.5. The van der Waals surface area contributed by atoms with E-state index in [2.05, 4.69) is 10.2 Å². The van der Waals surface area contributed by atoms with Crippen molar-refractivity contribution < 1.29 is 22.7 Å². The third kappa shape index (κ3) is 5.74. The average molecular weight is 520 g/mol. The Hall–Kier alpha value is -2.89. The largest absolute Gasteiger partial charge is 0.493 e. The number of aromatic nitrogens is 1. The number of carbonyl (C=O) groups is 2. The number of primary amides is 1. The van der Waals surface area contributed by atoms with Crippen molar-refractivity contribution in [1.82, 2.24) is 13.8 Å². The summed E-state index contributed by atoms with van der Waals surface area (Å²) in [6.45, 7) is 11.5. The predicted molar refractivity (Wildman–Crippen MR) is 139 cm³/mol. The number of sulfonamides is 1. The molecule has 0 aliphatic carbocycles. The Morgan fingerprint density at radius 3 is 2.31 bits per heavy atom. The maximum Gasteiger partial charge on any atom is 0.267 e. The number of nitrogens with two attached hydrogens (primary N) is 1. The van der Waals surface area contributed by atoms with E-state index in [-0.39, 0.29) is 21.9 Å². The molecule has 1 aliphatic heterocycles. The Balaban J connectivity index is 2.00. The molecule has 198 valence electrons. The van der Waals surface area contributed by atoms with Crippen LogP contribution in [-0.4, -0.2) is 73.3 Å². The van der Waals surface area contributed by atoms with E-state index in [1.54, 1.807) is 11.5 Å². The molecular formula is C25H37N5O5S. The van der Waals surface area contributed by atoms with Crippen LogP contribution in [0.5, 0.6) is 5.75 Å². The molecule has 0 unspecified atom stereocenters. The lowest BCUT2D eigenvalue weighted by atomic mass is 10.1. The van der Waals surface area contributed by atoms with Gasteiger partial charge in [-0.05, 0) is 50.6 Å². The molecule has 2 aromatic rings. The fourth-order valence-corrected chi connectivity index (χ4v) is 5.92. The minimum atomic E-state index is -3.80. The SMILES string of the molecule is CCCc1cn(CC)c(C(N)=O)c1NC(=O)c1cc(S(=O)(=O)N2CCN(CC)CC2)ccc1OCC. The second-order valence-corrected chi connectivity index (χ2v) is 10.6. The first-order valence-electron chi connectivity index (χ1n) is 12.5. The molecule has 0 atom stereocenters. The minimum Gasteiger partial charge on any atom is -0.493 e. The van der Waals surface area contributed by atoms with Crippen molar-refractivity contribution in [3.8, 4) is 5.75 Å². The summed E-state index contributed by atoms with van der Waals surface area (Å²) in [6.07, 6.45) is 3.26. The maximum absolute atomic E-state index is 13.5. The molecule has 0 bridgehead atoms. The van der Waals surface area contributed by atoms with Gasteiger partial charge < -0.3 is 25.3 Å². The zero-order chi connectivity index (χ0) is 26.5. The number of rotatable bonds is 11. The zero-order valence-electron chi connectivity index (χ0n) is 21.5. The van der Waals surface area contributed by atoms with Crippen LogP contribution in [0.2, 0.25) is 0 Å². The molecule has 0 spiro atoms. The molecule has 36 heavy (non-hydrogen) atoms. The first-order chi connectivity index (χ1) is 17.2. The monoisotopic (exact) mass is 519 g/mol. The number of carbonyl (C=O) groups excluding carboxylic acids is 2. The number of ether oxygens (including phenoxy) is 1. The van der Waals surface area contributed by atoms with Crippen molar-refractivity contribution in [3.05, 3.63) is 41.2 Å². The van der Waals surface area contributed by atoms with Gasteiger partial charge >= 0.3 is 0 Å². The van der Waals surface area contributed by atoms with Gasteiger partial charge in [-0.25, -0.2) is 8.42 Å². The molecule has 2 amide bonds. The van der Waals surface area contributed by atoms with Crippen LogP contribution in [0.3, 0.4) is 0 Å². The fourth-order valence-electron chi connectivity index (χ4n) is 4.47. The van der Waals surface area contributed by atoms with Gasteiger partial charge in [0.05, 0.1) is 22.8 Å². The number of amides is 2. The zero-order valence-corrected chi connectivity index (χ0v) is 22.4. The summed E-state index contributed by atoms with van der Waals surface area (Å²) in [4.78, 5) is 28.0. The van der Waals surface area contributed by atoms with E-state index in [1.807, 2.05) is 27.0 Å². The lowest BCUT2D eigenvalue weighted by Gasteiger charge is -2.33. The summed E-state index contributed by atoms with van der Waals surface area (Å²) < 4.78 is 35.6. The molecule has 1 saturated heterocycles. The van der Waals surface area contributed by atoms with Crippen LogP contribution in [0.25, 0.3) is 0 Å². The summed E-state index contributed by atoms with van der Waals surface area (Å²) >= 11 is 0. The summed E-state index contributed by atoms with van der Waals surface area (Å²) in [5, 5.41) is 2.83. The molecule has 10 nitrogen and oxygen atoms in total. The van der Waals surface area contributed by atoms with Gasteiger partial charge in [0, 0.05) is 38.9 Å². The summed E-state index contributed by atoms with van der Waals surface area (Å²) in [5.74, 6) is -0.959. The van der Waals surface area contributed by atoms with Gasteiger partial charge in [0.15, 0.2) is 0 Å². The van der Waals surface area contributed by atoms with E-state index >= 15 is 0 Å². The lowest BCUT2D eigenvalue weighted by molar-refractivity contribution is 0.0992. The van der Waals surface area contributed by atoms with Crippen molar-refractivity contribution >= 4 is 27.5 Å². The van der Waals surface area contributed by atoms with E-state index < -0.39 is 21.8 Å². The van der Waals surface area contributed by atoms with Gasteiger partial charge in [-0.15, -0.1) is 0 Å². The number of aryl methyl sites for hydroxylation is 2. The van der Waals surface area contributed by atoms with Crippen molar-refractivity contribution in [3.63, 3.8) is 0 Å². The molecule has 11 heteroatoms. The van der Waals surface area contributed by atoms with E-state index in [0.29, 0.717) is 51.4 Å². The van der Waals surface area contributed by atoms with Gasteiger partial charge in [0.2, 0.25) is 10.0 Å². The number of nitrogens with zero attached hydrogens (tertiary/aromatic N) is 3. The third-order valence-corrected chi connectivity index (χ3v) is 8.30. The van der Waals surface area contributed by atoms with Crippen molar-refractivity contribution in [2.45, 2.75) is 52.0 Å². The van der Waals surface area contributed by atoms with Crippen LogP contribution in [0.4, 0.5) is 5.69 Å². The highest BCUT2D eigenvalue weighted by Gasteiger charge is 2.30. The second kappa shape index (κ2) is 11.9. The van der Waals surface area contributed by atoms with Gasteiger partial charge in [0.1, 0.15) is 11.4 Å². The fraction of sp³-hybridized carbons (Fsp3) is 0.520. The summed E-state index contributed by atoms with van der Waals surface area (Å²) in [7, 11) is -3.80. The predicted octanol–water partition coefficient (Wildman–Crippen LogP) is 2.54. The minimum absolute atomic E-state index is 0.0242. The first-order valence-corrected chi connectivity index (χ1v) is 13.9. The van der Waals surface area contributed by atoms with Crippen molar-refractivity contribution in [1.29, 1.82) is 0 Å². The van der Waals surface area contributed by atoms with Crippen LogP contribution < -0.4 is 15.8 Å². The molecule has 0 saturated carbocycles. The Morgan fingerprint density at radius 2 is 1.75 bits per heavy atom. The van der Waals surface area contributed by atoms with Crippen LogP contribution in [-0.2, 0) is 23.0 Å². The topological polar surface area (TPSA) is 127 Å². The normalized spacial score (nSPS) is 15.1. The molecule has 3 rings (SSSR count). The van der Waals surface area contributed by atoms with Gasteiger partial charge in [0.25, 0.3) is 11.8 Å². The van der Waals surface area contributed by atoms with Crippen molar-refractivity contribution in [2.24, 2.45) is 5.73 Å². The smallest absolute Gasteiger partial charge is 0.267 e. The van der Waals surface area contributed by atoms with Gasteiger partial charge in [-0.2, -0.15) is 4.31 Å². The van der Waals surface area contributed by atoms with E-state index in [1.165, 1.54) is 22.5 Å². The quantitative estimate of drug-likeness (QED) is 0.470. The Bertz CT molecular complexity index is 1200. The molecular weight excluding hydrogens is 482 g/mol. The van der Waals surface area contributed by atoms with E-state index in [4.69, 9.17) is 10.5 Å². The molecule has 2 heterocycles. The first kappa shape index (κ1) is 27.7. The number of anilines is 1.